The van der Waals surface area contributed by atoms with E-state index in [0.29, 0.717) is 5.56 Å². The predicted molar refractivity (Wildman–Crippen MR) is 115 cm³/mol. The van der Waals surface area contributed by atoms with Gasteiger partial charge in [0, 0.05) is 13.2 Å². The summed E-state index contributed by atoms with van der Waals surface area (Å²) in [6, 6.07) is 3.17. The number of nitrogens with zero attached hydrogens (tertiary/aromatic N) is 4. The van der Waals surface area contributed by atoms with Gasteiger partial charge in [-0.05, 0) is 44.5 Å². The first-order chi connectivity index (χ1) is 15.7. The molecule has 182 valence electrons. The van der Waals surface area contributed by atoms with Crippen LogP contribution in [-0.2, 0) is 12.6 Å². The third-order valence-corrected chi connectivity index (χ3v) is 4.89. The van der Waals surface area contributed by atoms with Crippen molar-refractivity contribution < 1.29 is 32.2 Å². The van der Waals surface area contributed by atoms with Crippen LogP contribution in [0.3, 0.4) is 0 Å². The first-order valence-corrected chi connectivity index (χ1v) is 10.1. The molecular weight excluding hydrogens is 482 g/mol. The number of benzene rings is 1. The number of alkyl halides is 3. The van der Waals surface area contributed by atoms with Crippen molar-refractivity contribution in [1.82, 2.24) is 19.7 Å². The molecule has 8 nitrogen and oxygen atoms in total. The van der Waals surface area contributed by atoms with E-state index in [1.165, 1.54) is 31.8 Å². The summed E-state index contributed by atoms with van der Waals surface area (Å²) in [6.45, 7) is 2.78. The normalized spacial score (nSPS) is 12.1. The summed E-state index contributed by atoms with van der Waals surface area (Å²) >= 11 is 5.99. The van der Waals surface area contributed by atoms with E-state index >= 15 is 4.39 Å². The van der Waals surface area contributed by atoms with Crippen LogP contribution in [0.1, 0.15) is 35.6 Å². The van der Waals surface area contributed by atoms with Crippen LogP contribution in [0, 0.1) is 12.7 Å². The van der Waals surface area contributed by atoms with Gasteiger partial charge < -0.3 is 15.2 Å². The summed E-state index contributed by atoms with van der Waals surface area (Å²) in [6.07, 6.45) is -3.32. The number of aryl methyl sites for hydroxylation is 2. The van der Waals surface area contributed by atoms with Crippen LogP contribution in [0.2, 0.25) is 5.15 Å². The van der Waals surface area contributed by atoms with Gasteiger partial charge in [-0.3, -0.25) is 4.79 Å². The average molecular weight is 502 g/mol. The fraction of sp³-hybridized carbons (Fsp3) is 0.333. The van der Waals surface area contributed by atoms with Crippen molar-refractivity contribution in [1.29, 1.82) is 0 Å². The molecule has 1 aromatic carbocycles. The molecule has 0 atom stereocenters. The number of nitrogens with one attached hydrogen (secondary N) is 1. The van der Waals surface area contributed by atoms with Gasteiger partial charge in [-0.2, -0.15) is 18.3 Å². The van der Waals surface area contributed by atoms with Crippen LogP contribution >= 0.6 is 11.6 Å². The molecule has 0 radical (unpaired) electrons. The molecule has 0 aliphatic heterocycles. The van der Waals surface area contributed by atoms with Gasteiger partial charge >= 0.3 is 6.18 Å². The second-order valence-corrected chi connectivity index (χ2v) is 8.28. The zero-order chi connectivity index (χ0) is 25.4. The Kier molecular flexibility index (Phi) is 6.85. The summed E-state index contributed by atoms with van der Waals surface area (Å²) in [7, 11) is 1.46. The highest BCUT2D eigenvalue weighted by atomic mass is 35.5. The van der Waals surface area contributed by atoms with Crippen LogP contribution in [0.15, 0.2) is 24.4 Å². The molecule has 0 aliphatic rings. The van der Waals surface area contributed by atoms with Gasteiger partial charge in [0.15, 0.2) is 23.4 Å². The Morgan fingerprint density at radius 1 is 1.29 bits per heavy atom. The Hall–Kier alpha value is -3.25. The molecule has 0 fully saturated rings. The van der Waals surface area contributed by atoms with E-state index in [1.807, 2.05) is 0 Å². The number of aliphatic hydroxyl groups is 1. The molecule has 3 aromatic rings. The molecule has 13 heteroatoms. The summed E-state index contributed by atoms with van der Waals surface area (Å²) in [5, 5.41) is 16.6. The number of pyridine rings is 1. The van der Waals surface area contributed by atoms with Crippen LogP contribution in [0.4, 0.5) is 23.2 Å². The van der Waals surface area contributed by atoms with Crippen molar-refractivity contribution in [3.8, 4) is 17.1 Å². The van der Waals surface area contributed by atoms with Crippen molar-refractivity contribution in [2.75, 3.05) is 11.9 Å². The number of anilines is 1. The zero-order valence-corrected chi connectivity index (χ0v) is 19.2. The lowest BCUT2D eigenvalue weighted by Gasteiger charge is -2.16. The third kappa shape index (κ3) is 5.62. The molecule has 0 aliphatic carbocycles. The standard InChI is InChI=1S/C21H20ClF4N5O3/c1-10-5-6-27-16(22)15(10)28-18(32)12-7-13(23)11(8-14(12)34-9-21(24,25)26)17-29-19(20(2,3)33)31(4)30-17/h5-8,33H,9H2,1-4H3,(H,28,32). The maximum absolute atomic E-state index is 15.0. The first-order valence-electron chi connectivity index (χ1n) is 9.77. The van der Waals surface area contributed by atoms with E-state index in [-0.39, 0.29) is 28.1 Å². The van der Waals surface area contributed by atoms with Gasteiger partial charge in [0.1, 0.15) is 17.2 Å². The fourth-order valence-corrected chi connectivity index (χ4v) is 3.32. The van der Waals surface area contributed by atoms with E-state index in [9.17, 15) is 23.1 Å². The van der Waals surface area contributed by atoms with Crippen molar-refractivity contribution in [3.05, 3.63) is 52.3 Å². The van der Waals surface area contributed by atoms with E-state index < -0.39 is 41.4 Å². The number of carbonyl (C=O) groups is 1. The Balaban J connectivity index is 2.08. The number of hydrogen-bond acceptors (Lipinski definition) is 6. The molecule has 2 aromatic heterocycles. The molecule has 0 bridgehead atoms. The number of aromatic nitrogens is 4. The number of ether oxygens (including phenoxy) is 1. The number of halogens is 5. The predicted octanol–water partition coefficient (Wildman–Crippen LogP) is 4.40. The topological polar surface area (TPSA) is 102 Å². The van der Waals surface area contributed by atoms with Gasteiger partial charge in [0.25, 0.3) is 5.91 Å². The highest BCUT2D eigenvalue weighted by molar-refractivity contribution is 6.33. The second-order valence-electron chi connectivity index (χ2n) is 7.92. The monoisotopic (exact) mass is 501 g/mol. The Morgan fingerprint density at radius 2 is 1.97 bits per heavy atom. The maximum atomic E-state index is 15.0. The highest BCUT2D eigenvalue weighted by Gasteiger charge is 2.31. The number of rotatable bonds is 6. The van der Waals surface area contributed by atoms with Crippen LogP contribution in [0.25, 0.3) is 11.4 Å². The van der Waals surface area contributed by atoms with E-state index in [0.717, 1.165) is 12.1 Å². The third-order valence-electron chi connectivity index (χ3n) is 4.61. The maximum Gasteiger partial charge on any atom is 0.422 e. The lowest BCUT2D eigenvalue weighted by atomic mass is 10.1. The molecule has 2 N–H and O–H groups in total. The molecule has 0 spiro atoms. The van der Waals surface area contributed by atoms with Crippen LogP contribution in [0.5, 0.6) is 5.75 Å². The van der Waals surface area contributed by atoms with E-state index in [1.54, 1.807) is 13.0 Å². The average Bonchev–Trinajstić information content (AvgIpc) is 3.10. The number of carbonyl (C=O) groups excluding carboxylic acids is 1. The van der Waals surface area contributed by atoms with Gasteiger partial charge in [-0.15, -0.1) is 0 Å². The van der Waals surface area contributed by atoms with Gasteiger partial charge in [0.2, 0.25) is 0 Å². The summed E-state index contributed by atoms with van der Waals surface area (Å²) in [5.74, 6) is -2.64. The molecular formula is C21H20ClF4N5O3. The van der Waals surface area contributed by atoms with Crippen LogP contribution < -0.4 is 10.1 Å². The Labute approximate surface area is 196 Å². The number of amides is 1. The van der Waals surface area contributed by atoms with Gasteiger partial charge in [-0.1, -0.05) is 11.6 Å². The molecule has 2 heterocycles. The summed E-state index contributed by atoms with van der Waals surface area (Å²) in [5.41, 5.74) is -1.62. The van der Waals surface area contributed by atoms with Crippen molar-refractivity contribution >= 4 is 23.2 Å². The van der Waals surface area contributed by atoms with Gasteiger partial charge in [0.05, 0.1) is 16.8 Å². The van der Waals surface area contributed by atoms with Crippen molar-refractivity contribution in [2.24, 2.45) is 7.05 Å². The summed E-state index contributed by atoms with van der Waals surface area (Å²) in [4.78, 5) is 20.8. The minimum atomic E-state index is -4.72. The summed E-state index contributed by atoms with van der Waals surface area (Å²) < 4.78 is 59.6. The quantitative estimate of drug-likeness (QED) is 0.383. The molecule has 0 saturated carbocycles. The van der Waals surface area contributed by atoms with E-state index in [4.69, 9.17) is 16.3 Å². The fourth-order valence-electron chi connectivity index (χ4n) is 3.07. The minimum Gasteiger partial charge on any atom is -0.483 e. The van der Waals surface area contributed by atoms with Crippen molar-refractivity contribution in [2.45, 2.75) is 32.5 Å². The van der Waals surface area contributed by atoms with E-state index in [2.05, 4.69) is 20.4 Å². The zero-order valence-electron chi connectivity index (χ0n) is 18.5. The highest BCUT2D eigenvalue weighted by Crippen LogP contribution is 2.33. The van der Waals surface area contributed by atoms with Gasteiger partial charge in [-0.25, -0.2) is 19.0 Å². The molecule has 0 saturated heterocycles. The minimum absolute atomic E-state index is 0.0555. The SMILES string of the molecule is Cc1ccnc(Cl)c1NC(=O)c1cc(F)c(-c2nc(C(C)(C)O)n(C)n2)cc1OCC(F)(F)F. The molecule has 34 heavy (non-hydrogen) atoms. The Morgan fingerprint density at radius 3 is 2.53 bits per heavy atom. The second kappa shape index (κ2) is 9.18. The lowest BCUT2D eigenvalue weighted by molar-refractivity contribution is -0.153. The molecule has 0 unspecified atom stereocenters. The Bertz CT molecular complexity index is 1220. The molecule has 1 amide bonds. The largest absolute Gasteiger partial charge is 0.483 e. The number of hydrogen-bond donors (Lipinski definition) is 2. The van der Waals surface area contributed by atoms with Crippen molar-refractivity contribution in [3.63, 3.8) is 0 Å². The molecule has 3 rings (SSSR count). The lowest BCUT2D eigenvalue weighted by Crippen LogP contribution is -2.22. The smallest absolute Gasteiger partial charge is 0.422 e. The van der Waals surface area contributed by atoms with Crippen LogP contribution in [-0.4, -0.2) is 43.5 Å². The first kappa shape index (κ1) is 25.4.